The van der Waals surface area contributed by atoms with Crippen LogP contribution in [-0.2, 0) is 4.79 Å². The van der Waals surface area contributed by atoms with E-state index in [9.17, 15) is 4.79 Å². The SMILES string of the molecule is C[C@@H](Cl)C(=O)Nc1cnc2ccccc2c1. The molecule has 0 radical (unpaired) electrons. The number of para-hydroxylation sites is 1. The lowest BCUT2D eigenvalue weighted by molar-refractivity contribution is -0.115. The lowest BCUT2D eigenvalue weighted by Gasteiger charge is -2.06. The first-order valence-electron chi connectivity index (χ1n) is 4.96. The van der Waals surface area contributed by atoms with Crippen molar-refractivity contribution in [2.45, 2.75) is 12.3 Å². The summed E-state index contributed by atoms with van der Waals surface area (Å²) in [4.78, 5) is 15.6. The second kappa shape index (κ2) is 4.49. The van der Waals surface area contributed by atoms with Crippen molar-refractivity contribution in [1.29, 1.82) is 0 Å². The fourth-order valence-corrected chi connectivity index (χ4v) is 1.44. The quantitative estimate of drug-likeness (QED) is 0.812. The molecule has 2 rings (SSSR count). The Kier molecular flexibility index (Phi) is 3.06. The highest BCUT2D eigenvalue weighted by molar-refractivity contribution is 6.32. The minimum Gasteiger partial charge on any atom is -0.323 e. The number of hydrogen-bond acceptors (Lipinski definition) is 2. The van der Waals surface area contributed by atoms with Gasteiger partial charge in [-0.15, -0.1) is 11.6 Å². The molecule has 1 heterocycles. The lowest BCUT2D eigenvalue weighted by atomic mass is 10.2. The van der Waals surface area contributed by atoms with Crippen molar-refractivity contribution in [2.24, 2.45) is 0 Å². The molecule has 1 amide bonds. The van der Waals surface area contributed by atoms with Crippen LogP contribution in [0, 0.1) is 0 Å². The monoisotopic (exact) mass is 234 g/mol. The molecule has 1 atom stereocenters. The first-order chi connectivity index (χ1) is 7.66. The van der Waals surface area contributed by atoms with Crippen LogP contribution in [-0.4, -0.2) is 16.3 Å². The number of carbonyl (C=O) groups is 1. The lowest BCUT2D eigenvalue weighted by Crippen LogP contribution is -2.20. The molecule has 0 unspecified atom stereocenters. The van der Waals surface area contributed by atoms with Gasteiger partial charge in [-0.2, -0.15) is 0 Å². The third-order valence-electron chi connectivity index (χ3n) is 2.22. The van der Waals surface area contributed by atoms with E-state index in [0.29, 0.717) is 5.69 Å². The van der Waals surface area contributed by atoms with Crippen LogP contribution in [0.4, 0.5) is 5.69 Å². The van der Waals surface area contributed by atoms with E-state index in [1.54, 1.807) is 13.1 Å². The first-order valence-corrected chi connectivity index (χ1v) is 5.40. The topological polar surface area (TPSA) is 42.0 Å². The zero-order valence-electron chi connectivity index (χ0n) is 8.77. The zero-order valence-corrected chi connectivity index (χ0v) is 9.53. The van der Waals surface area contributed by atoms with Crippen molar-refractivity contribution in [3.63, 3.8) is 0 Å². The van der Waals surface area contributed by atoms with E-state index in [1.807, 2.05) is 30.3 Å². The number of amides is 1. The van der Waals surface area contributed by atoms with Crippen LogP contribution < -0.4 is 5.32 Å². The number of fused-ring (bicyclic) bond motifs is 1. The van der Waals surface area contributed by atoms with Crippen LogP contribution in [0.25, 0.3) is 10.9 Å². The molecule has 0 saturated heterocycles. The molecule has 1 N–H and O–H groups in total. The van der Waals surface area contributed by atoms with Crippen LogP contribution >= 0.6 is 11.6 Å². The summed E-state index contributed by atoms with van der Waals surface area (Å²) in [5, 5.41) is 3.14. The first kappa shape index (κ1) is 10.9. The molecule has 16 heavy (non-hydrogen) atoms. The van der Waals surface area contributed by atoms with Crippen LogP contribution in [0.1, 0.15) is 6.92 Å². The van der Waals surface area contributed by atoms with Gasteiger partial charge in [0, 0.05) is 5.39 Å². The highest BCUT2D eigenvalue weighted by atomic mass is 35.5. The summed E-state index contributed by atoms with van der Waals surface area (Å²) >= 11 is 5.66. The predicted molar refractivity (Wildman–Crippen MR) is 65.7 cm³/mol. The number of hydrogen-bond donors (Lipinski definition) is 1. The average Bonchev–Trinajstić information content (AvgIpc) is 2.28. The fourth-order valence-electron chi connectivity index (χ4n) is 1.38. The summed E-state index contributed by atoms with van der Waals surface area (Å²) in [6, 6.07) is 9.60. The number of rotatable bonds is 2. The maximum Gasteiger partial charge on any atom is 0.242 e. The highest BCUT2D eigenvalue weighted by Crippen LogP contribution is 2.16. The third kappa shape index (κ3) is 2.31. The minimum atomic E-state index is -0.550. The Hall–Kier alpha value is -1.61. The smallest absolute Gasteiger partial charge is 0.242 e. The molecule has 82 valence electrons. The molecule has 1 aromatic carbocycles. The molecule has 2 aromatic rings. The number of alkyl halides is 1. The Bertz CT molecular complexity index is 525. The van der Waals surface area contributed by atoms with Crippen molar-refractivity contribution >= 4 is 34.1 Å². The molecule has 0 spiro atoms. The normalized spacial score (nSPS) is 12.4. The van der Waals surface area contributed by atoms with E-state index in [0.717, 1.165) is 10.9 Å². The fraction of sp³-hybridized carbons (Fsp3) is 0.167. The number of anilines is 1. The third-order valence-corrected chi connectivity index (χ3v) is 2.42. The molecule has 0 aliphatic heterocycles. The maximum atomic E-state index is 11.4. The molecule has 3 nitrogen and oxygen atoms in total. The molecule has 0 bridgehead atoms. The number of nitrogens with one attached hydrogen (secondary N) is 1. The Labute approximate surface area is 98.4 Å². The van der Waals surface area contributed by atoms with Crippen LogP contribution in [0.15, 0.2) is 36.5 Å². The summed E-state index contributed by atoms with van der Waals surface area (Å²) in [6.45, 7) is 1.63. The van der Waals surface area contributed by atoms with Gasteiger partial charge < -0.3 is 5.32 Å². The van der Waals surface area contributed by atoms with Crippen molar-refractivity contribution < 1.29 is 4.79 Å². The maximum absolute atomic E-state index is 11.4. The molecule has 0 aliphatic carbocycles. The number of nitrogens with zero attached hydrogens (tertiary/aromatic N) is 1. The molecule has 0 aliphatic rings. The summed E-state index contributed by atoms with van der Waals surface area (Å²) < 4.78 is 0. The number of benzene rings is 1. The van der Waals surface area contributed by atoms with E-state index >= 15 is 0 Å². The van der Waals surface area contributed by atoms with E-state index in [1.165, 1.54) is 0 Å². The summed E-state index contributed by atoms with van der Waals surface area (Å²) in [5.41, 5.74) is 1.57. The largest absolute Gasteiger partial charge is 0.323 e. The van der Waals surface area contributed by atoms with E-state index in [-0.39, 0.29) is 5.91 Å². The summed E-state index contributed by atoms with van der Waals surface area (Å²) in [7, 11) is 0. The molecular formula is C12H11ClN2O. The molecule has 0 fully saturated rings. The molecular weight excluding hydrogens is 224 g/mol. The molecule has 4 heteroatoms. The van der Waals surface area contributed by atoms with Crippen molar-refractivity contribution in [1.82, 2.24) is 4.98 Å². The zero-order chi connectivity index (χ0) is 11.5. The number of carbonyl (C=O) groups excluding carboxylic acids is 1. The van der Waals surface area contributed by atoms with Crippen LogP contribution in [0.5, 0.6) is 0 Å². The van der Waals surface area contributed by atoms with Crippen molar-refractivity contribution in [3.05, 3.63) is 36.5 Å². The Morgan fingerprint density at radius 1 is 1.44 bits per heavy atom. The van der Waals surface area contributed by atoms with Gasteiger partial charge >= 0.3 is 0 Å². The van der Waals surface area contributed by atoms with E-state index in [4.69, 9.17) is 11.6 Å². The second-order valence-electron chi connectivity index (χ2n) is 3.52. The van der Waals surface area contributed by atoms with Gasteiger partial charge in [0.15, 0.2) is 0 Å². The van der Waals surface area contributed by atoms with E-state index in [2.05, 4.69) is 10.3 Å². The molecule has 0 saturated carbocycles. The van der Waals surface area contributed by atoms with Gasteiger partial charge in [-0.1, -0.05) is 18.2 Å². The van der Waals surface area contributed by atoms with Gasteiger partial charge in [-0.25, -0.2) is 0 Å². The van der Waals surface area contributed by atoms with E-state index < -0.39 is 5.38 Å². The number of halogens is 1. The average molecular weight is 235 g/mol. The molecule has 1 aromatic heterocycles. The summed E-state index contributed by atoms with van der Waals surface area (Å²) in [5.74, 6) is -0.223. The second-order valence-corrected chi connectivity index (χ2v) is 4.18. The Morgan fingerprint density at radius 3 is 2.94 bits per heavy atom. The van der Waals surface area contributed by atoms with Gasteiger partial charge in [0.25, 0.3) is 0 Å². The van der Waals surface area contributed by atoms with Gasteiger partial charge in [-0.05, 0) is 19.1 Å². The number of aromatic nitrogens is 1. The van der Waals surface area contributed by atoms with Gasteiger partial charge in [0.05, 0.1) is 17.4 Å². The number of pyridine rings is 1. The highest BCUT2D eigenvalue weighted by Gasteiger charge is 2.09. The van der Waals surface area contributed by atoms with Crippen LogP contribution in [0.2, 0.25) is 0 Å². The predicted octanol–water partition coefficient (Wildman–Crippen LogP) is 2.80. The van der Waals surface area contributed by atoms with Crippen LogP contribution in [0.3, 0.4) is 0 Å². The standard InChI is InChI=1S/C12H11ClN2O/c1-8(13)12(16)15-10-6-9-4-2-3-5-11(9)14-7-10/h2-8H,1H3,(H,15,16)/t8-/m1/s1. The Morgan fingerprint density at radius 2 is 2.19 bits per heavy atom. The van der Waals surface area contributed by atoms with Crippen molar-refractivity contribution in [3.8, 4) is 0 Å². The summed E-state index contributed by atoms with van der Waals surface area (Å²) in [6.07, 6.45) is 1.62. The van der Waals surface area contributed by atoms with Gasteiger partial charge in [0.2, 0.25) is 5.91 Å². The van der Waals surface area contributed by atoms with Gasteiger partial charge in [-0.3, -0.25) is 9.78 Å². The van der Waals surface area contributed by atoms with Gasteiger partial charge in [0.1, 0.15) is 5.38 Å². The Balaban J connectivity index is 2.29. The minimum absolute atomic E-state index is 0.223. The van der Waals surface area contributed by atoms with Crippen molar-refractivity contribution in [2.75, 3.05) is 5.32 Å².